The molecule has 1 saturated carbocycles. The molecule has 3 fully saturated rings. The number of morpholine rings is 1. The Hall–Kier alpha value is -1.95. The number of hydrogen-bond donors (Lipinski definition) is 3. The van der Waals surface area contributed by atoms with E-state index in [4.69, 9.17) is 17.0 Å². The summed E-state index contributed by atoms with van der Waals surface area (Å²) in [6.45, 7) is 1.58. The molecule has 5 atom stereocenters. The number of fused-ring (bicyclic) bond motifs is 1. The number of carbonyl (C=O) groups is 1. The number of anilines is 1. The summed E-state index contributed by atoms with van der Waals surface area (Å²) < 4.78 is 45.0. The van der Waals surface area contributed by atoms with Gasteiger partial charge in [-0.3, -0.25) is 4.79 Å². The number of hydrogen-bond acceptors (Lipinski definition) is 5. The summed E-state index contributed by atoms with van der Waals surface area (Å²) in [4.78, 5) is 16.3. The van der Waals surface area contributed by atoms with Crippen LogP contribution in [-0.2, 0) is 15.7 Å². The number of alkyl halides is 3. The molecule has 2 aliphatic heterocycles. The number of amides is 1. The Morgan fingerprint density at radius 2 is 1.93 bits per heavy atom. The van der Waals surface area contributed by atoms with E-state index in [0.717, 1.165) is 12.1 Å². The van der Waals surface area contributed by atoms with Crippen molar-refractivity contribution in [2.24, 2.45) is 5.92 Å². The molecule has 1 aromatic rings. The lowest BCUT2D eigenvalue weighted by molar-refractivity contribution is -0.145. The summed E-state index contributed by atoms with van der Waals surface area (Å²) >= 11 is 5.36. The summed E-state index contributed by atoms with van der Waals surface area (Å²) in [7, 11) is 0. The second-order valence-corrected chi connectivity index (χ2v) is 8.11. The summed E-state index contributed by atoms with van der Waals surface area (Å²) in [5.41, 5.74) is -0.656. The minimum Gasteiger partial charge on any atom is -0.390 e. The van der Waals surface area contributed by atoms with Crippen LogP contribution in [0.5, 0.6) is 0 Å². The first-order valence-corrected chi connectivity index (χ1v) is 10.1. The van der Waals surface area contributed by atoms with E-state index in [0.29, 0.717) is 26.3 Å². The highest BCUT2D eigenvalue weighted by Gasteiger charge is 2.54. The lowest BCUT2D eigenvalue weighted by Gasteiger charge is -2.43. The van der Waals surface area contributed by atoms with Crippen molar-refractivity contribution < 1.29 is 32.9 Å². The molecule has 3 aliphatic rings. The number of aliphatic hydroxyl groups excluding tert-OH is 2. The van der Waals surface area contributed by atoms with E-state index in [2.05, 4.69) is 5.32 Å². The lowest BCUT2D eigenvalue weighted by atomic mass is 9.77. The Morgan fingerprint density at radius 1 is 1.23 bits per heavy atom. The largest absolute Gasteiger partial charge is 0.416 e. The third-order valence-electron chi connectivity index (χ3n) is 5.94. The van der Waals surface area contributed by atoms with Crippen LogP contribution in [0.4, 0.5) is 18.9 Å². The van der Waals surface area contributed by atoms with Crippen molar-refractivity contribution in [3.05, 3.63) is 29.8 Å². The zero-order valence-corrected chi connectivity index (χ0v) is 16.7. The average molecular weight is 445 g/mol. The summed E-state index contributed by atoms with van der Waals surface area (Å²) in [6.07, 6.45) is -6.91. The van der Waals surface area contributed by atoms with Gasteiger partial charge in [-0.15, -0.1) is 0 Å². The number of thiocarbonyl (C=S) groups is 1. The number of halogens is 3. The number of nitrogens with zero attached hydrogens (tertiary/aromatic N) is 2. The van der Waals surface area contributed by atoms with Crippen LogP contribution in [-0.4, -0.2) is 76.7 Å². The first-order valence-electron chi connectivity index (χ1n) is 9.68. The van der Waals surface area contributed by atoms with Crippen LogP contribution < -0.4 is 10.2 Å². The predicted molar refractivity (Wildman–Crippen MR) is 105 cm³/mol. The van der Waals surface area contributed by atoms with Gasteiger partial charge in [-0.25, -0.2) is 0 Å². The van der Waals surface area contributed by atoms with Crippen LogP contribution in [0.25, 0.3) is 0 Å². The maximum atomic E-state index is 13.3. The molecule has 2 heterocycles. The van der Waals surface area contributed by atoms with E-state index in [9.17, 15) is 28.2 Å². The van der Waals surface area contributed by atoms with E-state index < -0.39 is 41.9 Å². The van der Waals surface area contributed by atoms with E-state index in [1.165, 1.54) is 17.0 Å². The molecule has 2 saturated heterocycles. The van der Waals surface area contributed by atoms with Crippen molar-refractivity contribution in [3.63, 3.8) is 0 Å². The van der Waals surface area contributed by atoms with Crippen molar-refractivity contribution in [1.82, 2.24) is 10.2 Å². The zero-order valence-electron chi connectivity index (χ0n) is 15.9. The van der Waals surface area contributed by atoms with Gasteiger partial charge >= 0.3 is 6.18 Å². The van der Waals surface area contributed by atoms with Gasteiger partial charge in [0, 0.05) is 18.8 Å². The highest BCUT2D eigenvalue weighted by molar-refractivity contribution is 7.80. The Bertz CT molecular complexity index is 833. The SMILES string of the molecule is O=C([C@@H]1C[C@@H](O)[C@H](O)[C@@H]2NC(=S)N(c3cccc(C(F)(F)F)c3)[C@H]21)N1CCOCC1. The molecule has 0 bridgehead atoms. The fourth-order valence-corrected chi connectivity index (χ4v) is 4.84. The molecule has 0 radical (unpaired) electrons. The Labute approximate surface area is 176 Å². The molecule has 1 aliphatic carbocycles. The Balaban J connectivity index is 1.71. The van der Waals surface area contributed by atoms with E-state index in [1.807, 2.05) is 0 Å². The van der Waals surface area contributed by atoms with Crippen molar-refractivity contribution in [3.8, 4) is 0 Å². The minimum absolute atomic E-state index is 0.0156. The molecule has 7 nitrogen and oxygen atoms in total. The van der Waals surface area contributed by atoms with Crippen molar-refractivity contribution in [1.29, 1.82) is 0 Å². The summed E-state index contributed by atoms with van der Waals surface area (Å²) in [6, 6.07) is 3.19. The fourth-order valence-electron chi connectivity index (χ4n) is 4.48. The van der Waals surface area contributed by atoms with Crippen molar-refractivity contribution >= 4 is 28.9 Å². The van der Waals surface area contributed by atoms with Gasteiger partial charge in [0.05, 0.1) is 42.9 Å². The van der Waals surface area contributed by atoms with Crippen LogP contribution >= 0.6 is 12.2 Å². The van der Waals surface area contributed by atoms with Crippen molar-refractivity contribution in [2.45, 2.75) is 36.9 Å². The molecule has 0 aromatic heterocycles. The monoisotopic (exact) mass is 445 g/mol. The molecular weight excluding hydrogens is 423 g/mol. The first-order chi connectivity index (χ1) is 14.2. The molecular formula is C19H22F3N3O4S. The topological polar surface area (TPSA) is 85.3 Å². The fraction of sp³-hybridized carbons (Fsp3) is 0.579. The molecule has 1 aromatic carbocycles. The molecule has 0 spiro atoms. The number of benzene rings is 1. The summed E-state index contributed by atoms with van der Waals surface area (Å²) in [5, 5.41) is 23.9. The molecule has 3 N–H and O–H groups in total. The third-order valence-corrected chi connectivity index (χ3v) is 6.25. The summed E-state index contributed by atoms with van der Waals surface area (Å²) in [5.74, 6) is -0.989. The van der Waals surface area contributed by atoms with E-state index in [-0.39, 0.29) is 23.1 Å². The van der Waals surface area contributed by atoms with Crippen LogP contribution in [0, 0.1) is 5.92 Å². The lowest BCUT2D eigenvalue weighted by Crippen LogP contribution is -2.61. The van der Waals surface area contributed by atoms with Gasteiger partial charge in [0.2, 0.25) is 5.91 Å². The smallest absolute Gasteiger partial charge is 0.390 e. The predicted octanol–water partition coefficient (Wildman–Crippen LogP) is 0.738. The average Bonchev–Trinajstić information content (AvgIpc) is 3.07. The van der Waals surface area contributed by atoms with Gasteiger partial charge in [0.25, 0.3) is 0 Å². The van der Waals surface area contributed by atoms with Crippen LogP contribution in [0.2, 0.25) is 0 Å². The second-order valence-electron chi connectivity index (χ2n) is 7.72. The molecule has 11 heteroatoms. The Morgan fingerprint density at radius 3 is 2.60 bits per heavy atom. The highest BCUT2D eigenvalue weighted by Crippen LogP contribution is 2.39. The molecule has 0 unspecified atom stereocenters. The second kappa shape index (κ2) is 7.95. The number of ether oxygens (including phenoxy) is 1. The van der Waals surface area contributed by atoms with Gasteiger partial charge in [0.15, 0.2) is 5.11 Å². The van der Waals surface area contributed by atoms with Gasteiger partial charge in [-0.05, 0) is 36.8 Å². The van der Waals surface area contributed by atoms with E-state index >= 15 is 0 Å². The van der Waals surface area contributed by atoms with Crippen molar-refractivity contribution in [2.75, 3.05) is 31.2 Å². The number of nitrogens with one attached hydrogen (secondary N) is 1. The first kappa shape index (κ1) is 21.3. The van der Waals surface area contributed by atoms with Crippen LogP contribution in [0.15, 0.2) is 24.3 Å². The van der Waals surface area contributed by atoms with Gasteiger partial charge in [0.1, 0.15) is 6.10 Å². The molecule has 4 rings (SSSR count). The third kappa shape index (κ3) is 3.75. The standard InChI is InChI=1S/C19H22F3N3O4S/c20-19(21,22)10-2-1-3-11(8-10)25-15-12(17(28)24-4-6-29-7-5-24)9-13(26)16(27)14(15)23-18(25)30/h1-3,8,12-16,26-27H,4-7,9H2,(H,23,30)/t12-,13-,14-,15+,16+/m1/s1. The highest BCUT2D eigenvalue weighted by atomic mass is 32.1. The van der Waals surface area contributed by atoms with Gasteiger partial charge in [-0.2, -0.15) is 13.2 Å². The molecule has 164 valence electrons. The molecule has 1 amide bonds. The quantitative estimate of drug-likeness (QED) is 0.579. The zero-order chi connectivity index (χ0) is 21.6. The maximum absolute atomic E-state index is 13.3. The van der Waals surface area contributed by atoms with E-state index in [1.54, 1.807) is 4.90 Å². The van der Waals surface area contributed by atoms with Gasteiger partial charge < -0.3 is 30.1 Å². The van der Waals surface area contributed by atoms with Gasteiger partial charge in [-0.1, -0.05) is 6.07 Å². The van der Waals surface area contributed by atoms with Crippen LogP contribution in [0.1, 0.15) is 12.0 Å². The molecule has 30 heavy (non-hydrogen) atoms. The van der Waals surface area contributed by atoms with Crippen LogP contribution in [0.3, 0.4) is 0 Å². The Kier molecular flexibility index (Phi) is 5.64. The number of aliphatic hydroxyl groups is 2. The maximum Gasteiger partial charge on any atom is 0.416 e. The normalized spacial score (nSPS) is 32.0. The number of carbonyl (C=O) groups excluding carboxylic acids is 1. The number of rotatable bonds is 2. The minimum atomic E-state index is -4.53.